The summed E-state index contributed by atoms with van der Waals surface area (Å²) in [4.78, 5) is 13.6. The normalized spacial score (nSPS) is 11.9. The second-order valence-electron chi connectivity index (χ2n) is 4.86. The van der Waals surface area contributed by atoms with Crippen LogP contribution in [-0.4, -0.2) is 26.2 Å². The largest absolute Gasteiger partial charge is 0.385 e. The number of thioether (sulfide) groups is 1. The molecule has 2 rings (SSSR count). The third kappa shape index (κ3) is 5.20. The highest BCUT2D eigenvalue weighted by molar-refractivity contribution is 8.00. The number of hydrogen-bond donors (Lipinski definition) is 1. The molecular weight excluding hydrogens is 294 g/mol. The molecule has 0 unspecified atom stereocenters. The van der Waals surface area contributed by atoms with E-state index in [9.17, 15) is 4.79 Å². The van der Waals surface area contributed by atoms with Crippen LogP contribution < -0.4 is 5.32 Å². The average molecular weight is 315 g/mol. The van der Waals surface area contributed by atoms with Crippen molar-refractivity contribution in [2.45, 2.75) is 16.6 Å². The Balaban J connectivity index is 2.06. The summed E-state index contributed by atoms with van der Waals surface area (Å²) in [7, 11) is 1.67. The zero-order chi connectivity index (χ0) is 15.6. The van der Waals surface area contributed by atoms with Gasteiger partial charge in [0.2, 0.25) is 5.91 Å². The number of nitrogens with one attached hydrogen (secondary N) is 1. The smallest absolute Gasteiger partial charge is 0.237 e. The van der Waals surface area contributed by atoms with Gasteiger partial charge in [-0.25, -0.2) is 0 Å². The molecule has 0 saturated carbocycles. The predicted molar refractivity (Wildman–Crippen MR) is 91.0 cm³/mol. The molecule has 1 amide bonds. The Morgan fingerprint density at radius 1 is 1.09 bits per heavy atom. The van der Waals surface area contributed by atoms with E-state index in [1.807, 2.05) is 60.7 Å². The molecule has 0 saturated heterocycles. The van der Waals surface area contributed by atoms with Gasteiger partial charge >= 0.3 is 0 Å². The van der Waals surface area contributed by atoms with Gasteiger partial charge in [-0.1, -0.05) is 48.5 Å². The Morgan fingerprint density at radius 2 is 1.73 bits per heavy atom. The maximum absolute atomic E-state index is 12.5. The van der Waals surface area contributed by atoms with E-state index in [4.69, 9.17) is 4.74 Å². The van der Waals surface area contributed by atoms with Crippen LogP contribution in [0, 0.1) is 0 Å². The van der Waals surface area contributed by atoms with E-state index in [1.54, 1.807) is 18.9 Å². The first kappa shape index (κ1) is 16.6. The van der Waals surface area contributed by atoms with Crippen LogP contribution in [0.15, 0.2) is 65.6 Å². The predicted octanol–water partition coefficient (Wildman–Crippen LogP) is 3.67. The van der Waals surface area contributed by atoms with Crippen molar-refractivity contribution in [3.63, 3.8) is 0 Å². The number of hydrogen-bond acceptors (Lipinski definition) is 3. The van der Waals surface area contributed by atoms with E-state index in [0.29, 0.717) is 13.2 Å². The number of benzene rings is 2. The molecule has 3 nitrogen and oxygen atoms in total. The summed E-state index contributed by atoms with van der Waals surface area (Å²) in [6.45, 7) is 1.29. The van der Waals surface area contributed by atoms with Crippen LogP contribution in [0.2, 0.25) is 0 Å². The quantitative estimate of drug-likeness (QED) is 0.596. The first-order valence-corrected chi connectivity index (χ1v) is 8.22. The molecule has 0 aliphatic heterocycles. The van der Waals surface area contributed by atoms with Gasteiger partial charge in [0.1, 0.15) is 5.25 Å². The third-order valence-electron chi connectivity index (χ3n) is 3.16. The Hall–Kier alpha value is -1.78. The van der Waals surface area contributed by atoms with Gasteiger partial charge < -0.3 is 10.1 Å². The number of rotatable bonds is 8. The lowest BCUT2D eigenvalue weighted by Crippen LogP contribution is -2.29. The molecule has 0 radical (unpaired) electrons. The zero-order valence-corrected chi connectivity index (χ0v) is 13.5. The van der Waals surface area contributed by atoms with Crippen molar-refractivity contribution in [1.82, 2.24) is 5.32 Å². The molecule has 4 heteroatoms. The standard InChI is InChI=1S/C18H21NO2S/c1-21-14-8-13-19-18(20)17(15-9-4-2-5-10-15)22-16-11-6-3-7-12-16/h2-7,9-12,17H,8,13-14H2,1H3,(H,19,20)/t17-/m1/s1. The molecule has 0 spiro atoms. The Labute approximate surface area is 136 Å². The highest BCUT2D eigenvalue weighted by Gasteiger charge is 2.21. The van der Waals surface area contributed by atoms with Crippen LogP contribution >= 0.6 is 11.8 Å². The van der Waals surface area contributed by atoms with Gasteiger partial charge in [0.25, 0.3) is 0 Å². The zero-order valence-electron chi connectivity index (χ0n) is 12.7. The van der Waals surface area contributed by atoms with Crippen LogP contribution in [0.3, 0.4) is 0 Å². The van der Waals surface area contributed by atoms with Crippen molar-refractivity contribution in [2.24, 2.45) is 0 Å². The summed E-state index contributed by atoms with van der Waals surface area (Å²) in [5.41, 5.74) is 1.01. The van der Waals surface area contributed by atoms with E-state index in [-0.39, 0.29) is 11.2 Å². The molecule has 0 heterocycles. The minimum absolute atomic E-state index is 0.0381. The van der Waals surface area contributed by atoms with Gasteiger partial charge in [0.05, 0.1) is 0 Å². The van der Waals surface area contributed by atoms with Crippen molar-refractivity contribution in [1.29, 1.82) is 0 Å². The molecule has 0 bridgehead atoms. The number of carbonyl (C=O) groups is 1. The van der Waals surface area contributed by atoms with Crippen molar-refractivity contribution < 1.29 is 9.53 Å². The SMILES string of the molecule is COCCCNC(=O)[C@H](Sc1ccccc1)c1ccccc1. The van der Waals surface area contributed by atoms with E-state index < -0.39 is 0 Å². The summed E-state index contributed by atoms with van der Waals surface area (Å²) in [6.07, 6.45) is 0.819. The van der Waals surface area contributed by atoms with E-state index in [1.165, 1.54) is 0 Å². The van der Waals surface area contributed by atoms with E-state index in [0.717, 1.165) is 16.9 Å². The number of ether oxygens (including phenoxy) is 1. The second kappa shape index (κ2) is 9.28. The number of methoxy groups -OCH3 is 1. The second-order valence-corrected chi connectivity index (χ2v) is 6.04. The summed E-state index contributed by atoms with van der Waals surface area (Å²) in [6, 6.07) is 19.9. The van der Waals surface area contributed by atoms with Crippen molar-refractivity contribution in [2.75, 3.05) is 20.3 Å². The van der Waals surface area contributed by atoms with Crippen LogP contribution in [0.5, 0.6) is 0 Å². The van der Waals surface area contributed by atoms with Gasteiger partial charge in [-0.2, -0.15) is 0 Å². The maximum atomic E-state index is 12.5. The molecular formula is C18H21NO2S. The van der Waals surface area contributed by atoms with Gasteiger partial charge in [-0.15, -0.1) is 11.8 Å². The monoisotopic (exact) mass is 315 g/mol. The fourth-order valence-corrected chi connectivity index (χ4v) is 3.13. The molecule has 2 aromatic rings. The molecule has 22 heavy (non-hydrogen) atoms. The highest BCUT2D eigenvalue weighted by Crippen LogP contribution is 2.35. The van der Waals surface area contributed by atoms with Crippen molar-refractivity contribution in [3.05, 3.63) is 66.2 Å². The van der Waals surface area contributed by atoms with Gasteiger partial charge in [-0.3, -0.25) is 4.79 Å². The Bertz CT molecular complexity index is 560. The highest BCUT2D eigenvalue weighted by atomic mass is 32.2. The Morgan fingerprint density at radius 3 is 2.36 bits per heavy atom. The molecule has 0 fully saturated rings. The minimum Gasteiger partial charge on any atom is -0.385 e. The summed E-state index contributed by atoms with van der Waals surface area (Å²) < 4.78 is 5.01. The molecule has 0 aromatic heterocycles. The van der Waals surface area contributed by atoms with E-state index in [2.05, 4.69) is 5.32 Å². The lowest BCUT2D eigenvalue weighted by Gasteiger charge is -2.17. The first-order chi connectivity index (χ1) is 10.8. The lowest BCUT2D eigenvalue weighted by molar-refractivity contribution is -0.120. The third-order valence-corrected chi connectivity index (χ3v) is 4.43. The van der Waals surface area contributed by atoms with Crippen LogP contribution in [0.4, 0.5) is 0 Å². The van der Waals surface area contributed by atoms with E-state index >= 15 is 0 Å². The average Bonchev–Trinajstić information content (AvgIpc) is 2.58. The van der Waals surface area contributed by atoms with Crippen molar-refractivity contribution >= 4 is 17.7 Å². The number of amides is 1. The minimum atomic E-state index is -0.244. The van der Waals surface area contributed by atoms with Crippen molar-refractivity contribution in [3.8, 4) is 0 Å². The van der Waals surface area contributed by atoms with Crippen LogP contribution in [-0.2, 0) is 9.53 Å². The topological polar surface area (TPSA) is 38.3 Å². The number of carbonyl (C=O) groups excluding carboxylic acids is 1. The van der Waals surface area contributed by atoms with Gasteiger partial charge in [0.15, 0.2) is 0 Å². The fourth-order valence-electron chi connectivity index (χ4n) is 2.06. The molecule has 116 valence electrons. The molecule has 0 aliphatic carbocycles. The van der Waals surface area contributed by atoms with Crippen LogP contribution in [0.25, 0.3) is 0 Å². The maximum Gasteiger partial charge on any atom is 0.237 e. The fraction of sp³-hybridized carbons (Fsp3) is 0.278. The summed E-state index contributed by atoms with van der Waals surface area (Å²) in [5.74, 6) is 0.0381. The molecule has 2 aromatic carbocycles. The van der Waals surface area contributed by atoms with Gasteiger partial charge in [0, 0.05) is 25.2 Å². The molecule has 1 N–H and O–H groups in total. The van der Waals surface area contributed by atoms with Crippen LogP contribution in [0.1, 0.15) is 17.2 Å². The Kier molecular flexibility index (Phi) is 7.00. The summed E-state index contributed by atoms with van der Waals surface area (Å²) in [5, 5.41) is 2.75. The molecule has 1 atom stereocenters. The first-order valence-electron chi connectivity index (χ1n) is 7.34. The molecule has 0 aliphatic rings. The lowest BCUT2D eigenvalue weighted by atomic mass is 10.1. The summed E-state index contributed by atoms with van der Waals surface area (Å²) >= 11 is 1.57. The van der Waals surface area contributed by atoms with Gasteiger partial charge in [-0.05, 0) is 24.1 Å².